The van der Waals surface area contributed by atoms with Gasteiger partial charge in [0, 0.05) is 101 Å². The molecule has 0 aromatic heterocycles. The highest BCUT2D eigenvalue weighted by Gasteiger charge is 2.64. The molecule has 574 valence electrons. The standard InChI is InChI=1S/C36H39Cl3N4O11S.C34H35Cl3N4O10S/c1-15-7-18-8-20-21(9-40)43-22-10-49-34(45)19(41-35(46)50-12-36(37,38)39)11-55-33(25-24(22)32-30(52-14-53-32)16(2)29(25)54-17(3)44)27(43)26(42(20)4)23(18)31(28(15)48-6)51-13-47-5;1-13-6-16-7-18-19(8-38)41-20-9-47-32(44)17(39-33(45)48-11-34(35,36)37)10-52-31(25(41)24(40(18)4)21(16)26(43)27(13)46-5)23-22(20)30-29(49-12-50-30)14(2)28(23)51-15(3)42/h7,19-22,26-27,33H,8,10-14H2,1-6H3,(H,41,46);6,17-20,24-25,31,43H,7,9-12H2,1-5H3,(H,39,45)/t19?,20-,21-,22-,26+,27?,33+;17?,18-,19-,20-,24+,25?,31+/m00/s1. The smallest absolute Gasteiger partial charge is 0.408 e. The van der Waals surface area contributed by atoms with Crippen LogP contribution in [0.2, 0.25) is 0 Å². The van der Waals surface area contributed by atoms with Crippen LogP contribution in [-0.4, -0.2) is 210 Å². The van der Waals surface area contributed by atoms with Crippen molar-refractivity contribution in [1.29, 1.82) is 10.5 Å². The fourth-order valence-electron chi connectivity index (χ4n) is 17.0. The molecule has 4 saturated heterocycles. The topological polar surface area (TPSA) is 336 Å². The van der Waals surface area contributed by atoms with Gasteiger partial charge in [-0.1, -0.05) is 81.7 Å². The third-order valence-electron chi connectivity index (χ3n) is 20.9. The van der Waals surface area contributed by atoms with Gasteiger partial charge < -0.3 is 82.1 Å². The second kappa shape index (κ2) is 30.6. The van der Waals surface area contributed by atoms with Crippen molar-refractivity contribution in [3.8, 4) is 69.6 Å². The van der Waals surface area contributed by atoms with E-state index in [-0.39, 0.29) is 74.4 Å². The number of amides is 2. The molecule has 10 aliphatic rings. The van der Waals surface area contributed by atoms with E-state index in [1.165, 1.54) is 51.6 Å². The van der Waals surface area contributed by atoms with Crippen LogP contribution in [0.3, 0.4) is 0 Å². The summed E-state index contributed by atoms with van der Waals surface area (Å²) in [6.45, 7) is 8.04. The van der Waals surface area contributed by atoms with Crippen molar-refractivity contribution < 1.29 is 100 Å². The number of esters is 4. The number of methoxy groups -OCH3 is 3. The SMILES string of the molecule is COCOc1c(OC)c(C)cc2c1[C@@H]1C3[C@@H]4SCC(NC(=O)OCC(Cl)(Cl)Cl)C(=O)OC[C@@H](c5c6c(c(C)c(OC(C)=O)c54)OCO6)N3[C@@H](C#N)[C@H](C2)N1C.COc1c(C)cc2c(c1O)[C@@H]1C3[C@@H]4SCC(NC(=O)OCC(Cl)(Cl)Cl)C(=O)OC[C@@H](c5c6c(c(C)c(OC(C)=O)c54)OCO6)N3[C@@H](C#N)[C@H](C2)N1C. The summed E-state index contributed by atoms with van der Waals surface area (Å²) in [6, 6.07) is 0.925. The highest BCUT2D eigenvalue weighted by molar-refractivity contribution is 7.99. The molecule has 0 radical (unpaired) electrons. The Kier molecular flexibility index (Phi) is 22.4. The third kappa shape index (κ3) is 14.1. The number of alkyl carbamates (subject to hydrolysis) is 2. The average Bonchev–Trinajstić information content (AvgIpc) is 1.30. The van der Waals surface area contributed by atoms with Gasteiger partial charge in [-0.3, -0.25) is 29.2 Å². The molecule has 4 unspecified atom stereocenters. The van der Waals surface area contributed by atoms with Crippen molar-refractivity contribution in [2.24, 2.45) is 0 Å². The molecule has 0 spiro atoms. The zero-order valence-electron chi connectivity index (χ0n) is 59.4. The number of fused-ring (bicyclic) bond motifs is 18. The molecule has 0 saturated carbocycles. The zero-order valence-corrected chi connectivity index (χ0v) is 65.6. The molecule has 4 fully saturated rings. The Morgan fingerprint density at radius 3 is 1.40 bits per heavy atom. The maximum absolute atomic E-state index is 13.8. The zero-order chi connectivity index (χ0) is 76.9. The number of thioether (sulfide) groups is 2. The molecule has 29 nitrogen and oxygen atoms in total. The maximum atomic E-state index is 13.8. The van der Waals surface area contributed by atoms with Crippen molar-refractivity contribution in [1.82, 2.24) is 30.2 Å². The van der Waals surface area contributed by atoms with E-state index >= 15 is 0 Å². The minimum Gasteiger partial charge on any atom is -0.504 e. The van der Waals surface area contributed by atoms with E-state index in [4.69, 9.17) is 136 Å². The fourth-order valence-corrected chi connectivity index (χ4v) is 20.4. The van der Waals surface area contributed by atoms with Gasteiger partial charge in [-0.25, -0.2) is 19.2 Å². The van der Waals surface area contributed by atoms with Crippen LogP contribution in [0.25, 0.3) is 0 Å². The van der Waals surface area contributed by atoms with Gasteiger partial charge >= 0.3 is 36.1 Å². The number of aryl methyl sites for hydroxylation is 2. The lowest BCUT2D eigenvalue weighted by molar-refractivity contribution is -0.152. The molecule has 37 heteroatoms. The van der Waals surface area contributed by atoms with Gasteiger partial charge in [0.05, 0.1) is 61.0 Å². The second-order valence-electron chi connectivity index (χ2n) is 27.1. The number of phenols is 1. The average molecular weight is 1640 g/mol. The van der Waals surface area contributed by atoms with Crippen LogP contribution < -0.4 is 53.3 Å². The van der Waals surface area contributed by atoms with Gasteiger partial charge in [0.15, 0.2) is 52.8 Å². The van der Waals surface area contributed by atoms with Gasteiger partial charge in [-0.2, -0.15) is 10.5 Å². The number of piperazine rings is 2. The number of aromatic hydroxyl groups is 1. The molecule has 10 aliphatic heterocycles. The Morgan fingerprint density at radius 2 is 1.00 bits per heavy atom. The summed E-state index contributed by atoms with van der Waals surface area (Å²) in [5.74, 6) is 0.790. The van der Waals surface area contributed by atoms with E-state index in [0.717, 1.165) is 27.8 Å². The molecule has 8 bridgehead atoms. The number of hydrogen-bond donors (Lipinski definition) is 3. The van der Waals surface area contributed by atoms with E-state index in [1.54, 1.807) is 21.0 Å². The quantitative estimate of drug-likeness (QED) is 0.0413. The van der Waals surface area contributed by atoms with E-state index < -0.39 is 128 Å². The number of carbonyl (C=O) groups excluding carboxylic acids is 6. The van der Waals surface area contributed by atoms with Gasteiger partial charge in [-0.15, -0.1) is 23.5 Å². The number of ether oxygens (including phenoxy) is 14. The summed E-state index contributed by atoms with van der Waals surface area (Å²) in [7, 11) is 8.51. The number of alkyl halides is 6. The Balaban J connectivity index is 0.000000189. The van der Waals surface area contributed by atoms with E-state index in [0.29, 0.717) is 92.0 Å². The van der Waals surface area contributed by atoms with Crippen molar-refractivity contribution in [3.05, 3.63) is 78.9 Å². The van der Waals surface area contributed by atoms with Gasteiger partial charge in [-0.05, 0) is 76.9 Å². The van der Waals surface area contributed by atoms with Crippen LogP contribution in [-0.2, 0) is 55.7 Å². The number of hydrogen-bond acceptors (Lipinski definition) is 29. The Hall–Kier alpha value is -7.08. The van der Waals surface area contributed by atoms with E-state index in [2.05, 4.69) is 48.4 Å². The second-order valence-corrected chi connectivity index (χ2v) is 34.5. The highest BCUT2D eigenvalue weighted by Crippen LogP contribution is 2.67. The molecule has 2 amide bonds. The Morgan fingerprint density at radius 1 is 0.589 bits per heavy atom. The molecule has 10 heterocycles. The Labute approximate surface area is 653 Å². The number of carbonyl (C=O) groups is 6. The lowest BCUT2D eigenvalue weighted by atomic mass is 9.71. The van der Waals surface area contributed by atoms with Crippen LogP contribution in [0.5, 0.6) is 57.5 Å². The summed E-state index contributed by atoms with van der Waals surface area (Å²) in [6.07, 6.45) is -1.05. The predicted octanol–water partition coefficient (Wildman–Crippen LogP) is 9.67. The number of phenolic OH excluding ortho intramolecular Hbond substituents is 1. The van der Waals surface area contributed by atoms with Crippen molar-refractivity contribution in [2.75, 3.05) is 93.7 Å². The number of nitriles is 2. The lowest BCUT2D eigenvalue weighted by Gasteiger charge is -2.61. The summed E-state index contributed by atoms with van der Waals surface area (Å²) in [5.41, 5.74) is 8.42. The van der Waals surface area contributed by atoms with Crippen LogP contribution in [0.1, 0.15) is 115 Å². The number of nitrogens with one attached hydrogen (secondary N) is 2. The molecule has 14 rings (SSSR count). The van der Waals surface area contributed by atoms with Crippen LogP contribution in [0.15, 0.2) is 12.1 Å². The molecule has 0 aliphatic carbocycles. The van der Waals surface area contributed by atoms with Gasteiger partial charge in [0.25, 0.3) is 0 Å². The van der Waals surface area contributed by atoms with Crippen molar-refractivity contribution in [3.63, 3.8) is 0 Å². The molecule has 4 aromatic carbocycles. The normalized spacial score (nSPS) is 27.2. The first kappa shape index (κ1) is 78.1. The largest absolute Gasteiger partial charge is 0.504 e. The minimum absolute atomic E-state index is 0.00825. The summed E-state index contributed by atoms with van der Waals surface area (Å²) in [5, 5.41) is 37.7. The van der Waals surface area contributed by atoms with Crippen LogP contribution in [0, 0.1) is 50.4 Å². The number of cyclic esters (lactones) is 2. The summed E-state index contributed by atoms with van der Waals surface area (Å²) < 4.78 is 77.8. The van der Waals surface area contributed by atoms with Crippen LogP contribution >= 0.6 is 93.1 Å². The van der Waals surface area contributed by atoms with Gasteiger partial charge in [0.1, 0.15) is 62.1 Å². The van der Waals surface area contributed by atoms with Crippen molar-refractivity contribution in [2.45, 2.75) is 145 Å². The number of likely N-dealkylation sites (N-methyl/N-ethyl adjacent to an activating group) is 2. The number of halogens is 6. The summed E-state index contributed by atoms with van der Waals surface area (Å²) >= 11 is 37.3. The van der Waals surface area contributed by atoms with Gasteiger partial charge in [0.2, 0.25) is 21.2 Å². The highest BCUT2D eigenvalue weighted by atomic mass is 35.6. The predicted molar refractivity (Wildman–Crippen MR) is 388 cm³/mol. The van der Waals surface area contributed by atoms with Crippen LogP contribution in [0.4, 0.5) is 9.59 Å². The lowest BCUT2D eigenvalue weighted by Crippen LogP contribution is -2.69. The monoisotopic (exact) mass is 1640 g/mol. The molecule has 107 heavy (non-hydrogen) atoms. The third-order valence-corrected chi connectivity index (χ3v) is 24.4. The molecule has 14 atom stereocenters. The summed E-state index contributed by atoms with van der Waals surface area (Å²) in [4.78, 5) is 87.2. The fraction of sp³-hybridized carbons (Fsp3) is 0.543. The minimum atomic E-state index is -1.88. The van der Waals surface area contributed by atoms with E-state index in [9.17, 15) is 44.4 Å². The molecular weight excluding hydrogens is 1570 g/mol. The Bertz CT molecular complexity index is 4410. The molecule has 4 aromatic rings. The maximum Gasteiger partial charge on any atom is 0.408 e. The number of nitrogens with zero attached hydrogens (tertiary/aromatic N) is 6. The number of rotatable bonds is 11. The molecular formula is C70H74Cl6N8O21S2. The molecule has 3 N–H and O–H groups in total. The first-order valence-corrected chi connectivity index (χ1v) is 38.1. The first-order chi connectivity index (χ1) is 50.9. The number of benzene rings is 4. The van der Waals surface area contributed by atoms with E-state index in [1.807, 2.05) is 34.0 Å². The first-order valence-electron chi connectivity index (χ1n) is 33.7. The van der Waals surface area contributed by atoms with Crippen molar-refractivity contribution >= 4 is 129 Å².